The Morgan fingerprint density at radius 2 is 2.10 bits per heavy atom. The minimum atomic E-state index is 0.0496. The fourth-order valence-electron chi connectivity index (χ4n) is 6.04. The van der Waals surface area contributed by atoms with Crippen LogP contribution >= 0.6 is 0 Å². The molecule has 2 aliphatic heterocycles. The van der Waals surface area contributed by atoms with Gasteiger partial charge in [-0.2, -0.15) is 0 Å². The van der Waals surface area contributed by atoms with Crippen LogP contribution in [-0.4, -0.2) is 89.4 Å². The molecule has 0 N–H and O–H groups in total. The normalized spacial score (nSPS) is 29.8. The van der Waals surface area contributed by atoms with Gasteiger partial charge in [0.1, 0.15) is 5.52 Å². The number of methoxy groups -OCH3 is 1. The number of pyridine rings is 1. The predicted molar refractivity (Wildman–Crippen MR) is 117 cm³/mol. The highest BCUT2D eigenvalue weighted by atomic mass is 16.5. The Hall–Kier alpha value is -2.03. The maximum Gasteiger partial charge on any atom is 0.255 e. The van der Waals surface area contributed by atoms with Crippen molar-refractivity contribution < 1.29 is 14.3 Å². The smallest absolute Gasteiger partial charge is 0.255 e. The van der Waals surface area contributed by atoms with Crippen molar-refractivity contribution in [1.29, 1.82) is 0 Å². The maximum atomic E-state index is 13.4. The molecule has 3 atom stereocenters. The van der Waals surface area contributed by atoms with Gasteiger partial charge in [-0.05, 0) is 37.7 Å². The number of fused-ring (bicyclic) bond motifs is 2. The van der Waals surface area contributed by atoms with E-state index in [4.69, 9.17) is 9.47 Å². The first-order valence-corrected chi connectivity index (χ1v) is 11.5. The van der Waals surface area contributed by atoms with Crippen LogP contribution in [0.25, 0.3) is 11.2 Å². The SMILES string of the molecule is COC[C@@]12CC[C@@H](N3CCOCC3)C[C@H]1CCN(C(=O)c1cnc3c(c1)ncn3C)C2. The Bertz CT molecular complexity index is 940. The van der Waals surface area contributed by atoms with E-state index < -0.39 is 0 Å². The molecule has 2 aromatic heterocycles. The van der Waals surface area contributed by atoms with Crippen molar-refractivity contribution >= 4 is 17.1 Å². The number of rotatable bonds is 4. The van der Waals surface area contributed by atoms with Crippen LogP contribution < -0.4 is 0 Å². The molecule has 168 valence electrons. The van der Waals surface area contributed by atoms with Gasteiger partial charge in [0.05, 0.1) is 31.7 Å². The molecular formula is C23H33N5O3. The topological polar surface area (TPSA) is 72.7 Å². The zero-order valence-electron chi connectivity index (χ0n) is 18.6. The largest absolute Gasteiger partial charge is 0.384 e. The average Bonchev–Trinajstić information content (AvgIpc) is 3.18. The van der Waals surface area contributed by atoms with Gasteiger partial charge in [0.25, 0.3) is 5.91 Å². The third-order valence-electron chi connectivity index (χ3n) is 7.73. The van der Waals surface area contributed by atoms with E-state index in [-0.39, 0.29) is 11.3 Å². The van der Waals surface area contributed by atoms with Gasteiger partial charge in [-0.15, -0.1) is 0 Å². The van der Waals surface area contributed by atoms with Gasteiger partial charge in [0.2, 0.25) is 0 Å². The Labute approximate surface area is 183 Å². The number of hydrogen-bond donors (Lipinski definition) is 0. The first kappa shape index (κ1) is 20.8. The molecule has 2 saturated heterocycles. The van der Waals surface area contributed by atoms with E-state index in [2.05, 4.69) is 14.9 Å². The van der Waals surface area contributed by atoms with Crippen LogP contribution in [0.5, 0.6) is 0 Å². The molecule has 3 fully saturated rings. The lowest BCUT2D eigenvalue weighted by Crippen LogP contribution is -2.58. The summed E-state index contributed by atoms with van der Waals surface area (Å²) in [6.07, 6.45) is 7.94. The van der Waals surface area contributed by atoms with Gasteiger partial charge in [-0.3, -0.25) is 9.69 Å². The molecule has 31 heavy (non-hydrogen) atoms. The summed E-state index contributed by atoms with van der Waals surface area (Å²) < 4.78 is 13.1. The van der Waals surface area contributed by atoms with E-state index in [0.717, 1.165) is 70.0 Å². The third-order valence-corrected chi connectivity index (χ3v) is 7.73. The fourth-order valence-corrected chi connectivity index (χ4v) is 6.04. The third kappa shape index (κ3) is 3.85. The minimum Gasteiger partial charge on any atom is -0.384 e. The number of nitrogens with zero attached hydrogens (tertiary/aromatic N) is 5. The number of carbonyl (C=O) groups is 1. The number of imidazole rings is 1. The zero-order chi connectivity index (χ0) is 21.4. The number of morpholine rings is 1. The number of piperidine rings is 1. The van der Waals surface area contributed by atoms with Gasteiger partial charge in [-0.1, -0.05) is 0 Å². The van der Waals surface area contributed by atoms with Crippen LogP contribution in [0.1, 0.15) is 36.0 Å². The van der Waals surface area contributed by atoms with Crippen LogP contribution in [0.2, 0.25) is 0 Å². The lowest BCUT2D eigenvalue weighted by Gasteiger charge is -2.54. The van der Waals surface area contributed by atoms with E-state index in [0.29, 0.717) is 17.5 Å². The van der Waals surface area contributed by atoms with Crippen LogP contribution in [0, 0.1) is 11.3 Å². The minimum absolute atomic E-state index is 0.0496. The van der Waals surface area contributed by atoms with Crippen LogP contribution in [0.4, 0.5) is 0 Å². The number of aryl methyl sites for hydroxylation is 1. The molecule has 8 heteroatoms. The number of likely N-dealkylation sites (tertiary alicyclic amines) is 1. The zero-order valence-corrected chi connectivity index (χ0v) is 18.6. The van der Waals surface area contributed by atoms with Crippen molar-refractivity contribution in [1.82, 2.24) is 24.3 Å². The highest BCUT2D eigenvalue weighted by molar-refractivity contribution is 5.96. The summed E-state index contributed by atoms with van der Waals surface area (Å²) >= 11 is 0. The first-order chi connectivity index (χ1) is 15.1. The van der Waals surface area contributed by atoms with Crippen molar-refractivity contribution in [3.05, 3.63) is 24.2 Å². The van der Waals surface area contributed by atoms with E-state index in [9.17, 15) is 4.79 Å². The molecule has 1 amide bonds. The van der Waals surface area contributed by atoms with Gasteiger partial charge >= 0.3 is 0 Å². The Morgan fingerprint density at radius 3 is 2.90 bits per heavy atom. The second-order valence-electron chi connectivity index (χ2n) is 9.51. The van der Waals surface area contributed by atoms with Crippen molar-refractivity contribution in [3.63, 3.8) is 0 Å². The molecule has 0 radical (unpaired) electrons. The molecule has 0 spiro atoms. The second kappa shape index (κ2) is 8.48. The lowest BCUT2D eigenvalue weighted by atomic mass is 9.61. The van der Waals surface area contributed by atoms with E-state index in [1.165, 1.54) is 12.8 Å². The van der Waals surface area contributed by atoms with Gasteiger partial charge < -0.3 is 18.9 Å². The lowest BCUT2D eigenvalue weighted by molar-refractivity contribution is -0.0792. The summed E-state index contributed by atoms with van der Waals surface area (Å²) in [6.45, 7) is 6.06. The highest BCUT2D eigenvalue weighted by Gasteiger charge is 2.48. The first-order valence-electron chi connectivity index (χ1n) is 11.5. The summed E-state index contributed by atoms with van der Waals surface area (Å²) in [5.41, 5.74) is 2.24. The molecule has 2 aromatic rings. The standard InChI is InChI=1S/C23H33N5O3/c1-26-16-25-20-11-17(13-24-21(20)26)22(29)28-6-4-18-12-19(27-7-9-31-10-8-27)3-5-23(18,14-28)15-30-2/h11,13,16,18-19H,3-10,12,14-15H2,1-2H3/t18-,19-,23+/m1/s1. The molecule has 0 unspecified atom stereocenters. The fraction of sp³-hybridized carbons (Fsp3) is 0.696. The Kier molecular flexibility index (Phi) is 5.71. The molecule has 3 aliphatic rings. The Morgan fingerprint density at radius 1 is 1.26 bits per heavy atom. The summed E-state index contributed by atoms with van der Waals surface area (Å²) in [6, 6.07) is 2.51. The number of carbonyl (C=O) groups excluding carboxylic acids is 1. The molecular weight excluding hydrogens is 394 g/mol. The number of amides is 1. The Balaban J connectivity index is 1.32. The van der Waals surface area contributed by atoms with Crippen molar-refractivity contribution in [2.45, 2.75) is 31.7 Å². The van der Waals surface area contributed by atoms with Gasteiger partial charge in [0, 0.05) is 58.0 Å². The van der Waals surface area contributed by atoms with Gasteiger partial charge in [0.15, 0.2) is 5.65 Å². The average molecular weight is 428 g/mol. The van der Waals surface area contributed by atoms with Crippen LogP contribution in [0.3, 0.4) is 0 Å². The number of ether oxygens (including phenoxy) is 2. The van der Waals surface area contributed by atoms with Crippen molar-refractivity contribution in [2.75, 3.05) is 53.1 Å². The van der Waals surface area contributed by atoms with E-state index in [1.54, 1.807) is 19.6 Å². The molecule has 0 bridgehead atoms. The molecule has 5 rings (SSSR count). The predicted octanol–water partition coefficient (Wildman–Crippen LogP) is 1.95. The quantitative estimate of drug-likeness (QED) is 0.743. The summed E-state index contributed by atoms with van der Waals surface area (Å²) in [4.78, 5) is 26.8. The summed E-state index contributed by atoms with van der Waals surface area (Å²) in [5.74, 6) is 0.652. The molecule has 1 saturated carbocycles. The summed E-state index contributed by atoms with van der Waals surface area (Å²) in [5, 5.41) is 0. The summed E-state index contributed by atoms with van der Waals surface area (Å²) in [7, 11) is 3.70. The maximum absolute atomic E-state index is 13.4. The molecule has 0 aromatic carbocycles. The van der Waals surface area contributed by atoms with Crippen LogP contribution in [-0.2, 0) is 16.5 Å². The van der Waals surface area contributed by atoms with Crippen molar-refractivity contribution in [3.8, 4) is 0 Å². The molecule has 4 heterocycles. The second-order valence-corrected chi connectivity index (χ2v) is 9.51. The van der Waals surface area contributed by atoms with E-state index >= 15 is 0 Å². The molecule has 1 aliphatic carbocycles. The van der Waals surface area contributed by atoms with E-state index in [1.807, 2.05) is 22.6 Å². The number of aromatic nitrogens is 3. The van der Waals surface area contributed by atoms with Crippen molar-refractivity contribution in [2.24, 2.45) is 18.4 Å². The van der Waals surface area contributed by atoms with Gasteiger partial charge in [-0.25, -0.2) is 9.97 Å². The monoisotopic (exact) mass is 427 g/mol. The number of hydrogen-bond acceptors (Lipinski definition) is 6. The highest BCUT2D eigenvalue weighted by Crippen LogP contribution is 2.48. The van der Waals surface area contributed by atoms with Crippen LogP contribution in [0.15, 0.2) is 18.6 Å². The molecule has 8 nitrogen and oxygen atoms in total.